The molecule has 0 amide bonds. The molecule has 22 heavy (non-hydrogen) atoms. The van der Waals surface area contributed by atoms with Crippen molar-refractivity contribution in [1.29, 1.82) is 0 Å². The third-order valence-corrected chi connectivity index (χ3v) is 6.29. The highest BCUT2D eigenvalue weighted by Gasteiger charge is 2.27. The Bertz CT molecular complexity index is 351. The third kappa shape index (κ3) is 5.44. The monoisotopic (exact) mass is 440 g/mol. The Hall–Kier alpha value is 0.310. The minimum Gasteiger partial charge on any atom is -0.355 e. The second-order valence-electron chi connectivity index (χ2n) is 6.45. The van der Waals surface area contributed by atoms with Gasteiger partial charge in [-0.1, -0.05) is 20.8 Å². The fraction of sp³-hybridized carbons (Fsp3) is 0.938. The molecule has 2 atom stereocenters. The average Bonchev–Trinajstić information content (AvgIpc) is 2.95. The largest absolute Gasteiger partial charge is 0.355 e. The lowest BCUT2D eigenvalue weighted by Gasteiger charge is -2.37. The van der Waals surface area contributed by atoms with Crippen molar-refractivity contribution in [2.24, 2.45) is 10.9 Å². The maximum absolute atomic E-state index is 4.52. The van der Waals surface area contributed by atoms with Crippen LogP contribution in [0.3, 0.4) is 0 Å². The van der Waals surface area contributed by atoms with Gasteiger partial charge in [0.15, 0.2) is 5.96 Å². The maximum Gasteiger partial charge on any atom is 0.193 e. The molecule has 2 saturated heterocycles. The number of rotatable bonds is 4. The SMILES string of the molecule is CCN1CCCC1CNC(=NC)N1CCSC(C(C)C)C1.I. The van der Waals surface area contributed by atoms with Gasteiger partial charge in [-0.2, -0.15) is 11.8 Å². The highest BCUT2D eigenvalue weighted by atomic mass is 127. The van der Waals surface area contributed by atoms with E-state index in [0.29, 0.717) is 6.04 Å². The van der Waals surface area contributed by atoms with E-state index in [9.17, 15) is 0 Å². The molecule has 2 rings (SSSR count). The van der Waals surface area contributed by atoms with Gasteiger partial charge < -0.3 is 10.2 Å². The van der Waals surface area contributed by atoms with Crippen LogP contribution >= 0.6 is 35.7 Å². The van der Waals surface area contributed by atoms with Crippen LogP contribution < -0.4 is 5.32 Å². The Morgan fingerprint density at radius 1 is 1.36 bits per heavy atom. The van der Waals surface area contributed by atoms with E-state index < -0.39 is 0 Å². The lowest BCUT2D eigenvalue weighted by atomic mass is 10.1. The molecule has 2 aliphatic heterocycles. The fourth-order valence-corrected chi connectivity index (χ4v) is 4.65. The molecule has 0 bridgehead atoms. The van der Waals surface area contributed by atoms with Crippen LogP contribution in [0.15, 0.2) is 4.99 Å². The molecule has 0 spiro atoms. The Balaban J connectivity index is 0.00000242. The maximum atomic E-state index is 4.52. The molecule has 4 nitrogen and oxygen atoms in total. The topological polar surface area (TPSA) is 30.9 Å². The van der Waals surface area contributed by atoms with Crippen LogP contribution in [0.2, 0.25) is 0 Å². The number of hydrogen-bond donors (Lipinski definition) is 1. The van der Waals surface area contributed by atoms with Gasteiger partial charge in [-0.15, -0.1) is 24.0 Å². The zero-order chi connectivity index (χ0) is 15.2. The highest BCUT2D eigenvalue weighted by molar-refractivity contribution is 14.0. The van der Waals surface area contributed by atoms with E-state index in [1.807, 2.05) is 7.05 Å². The summed E-state index contributed by atoms with van der Waals surface area (Å²) in [4.78, 5) is 9.56. The number of hydrogen-bond acceptors (Lipinski definition) is 3. The first kappa shape index (κ1) is 20.4. The van der Waals surface area contributed by atoms with E-state index in [1.165, 1.54) is 31.7 Å². The van der Waals surface area contributed by atoms with Gasteiger partial charge in [-0.3, -0.25) is 9.89 Å². The number of nitrogens with one attached hydrogen (secondary N) is 1. The fourth-order valence-electron chi connectivity index (χ4n) is 3.36. The lowest BCUT2D eigenvalue weighted by Crippen LogP contribution is -2.51. The van der Waals surface area contributed by atoms with Crippen molar-refractivity contribution in [3.63, 3.8) is 0 Å². The zero-order valence-corrected chi connectivity index (χ0v) is 17.7. The van der Waals surface area contributed by atoms with E-state index in [1.54, 1.807) is 0 Å². The quantitative estimate of drug-likeness (QED) is 0.414. The molecule has 0 aliphatic carbocycles. The first-order chi connectivity index (χ1) is 10.2. The van der Waals surface area contributed by atoms with Crippen molar-refractivity contribution < 1.29 is 0 Å². The number of aliphatic imine (C=N–C) groups is 1. The average molecular weight is 440 g/mol. The Kier molecular flexibility index (Phi) is 9.47. The smallest absolute Gasteiger partial charge is 0.193 e. The van der Waals surface area contributed by atoms with Crippen molar-refractivity contribution in [1.82, 2.24) is 15.1 Å². The first-order valence-electron chi connectivity index (χ1n) is 8.47. The van der Waals surface area contributed by atoms with Gasteiger partial charge in [0.25, 0.3) is 0 Å². The van der Waals surface area contributed by atoms with Gasteiger partial charge in [0.2, 0.25) is 0 Å². The first-order valence-corrected chi connectivity index (χ1v) is 9.51. The molecule has 1 N–H and O–H groups in total. The van der Waals surface area contributed by atoms with E-state index >= 15 is 0 Å². The van der Waals surface area contributed by atoms with E-state index in [-0.39, 0.29) is 24.0 Å². The van der Waals surface area contributed by atoms with Crippen molar-refractivity contribution >= 4 is 41.7 Å². The summed E-state index contributed by atoms with van der Waals surface area (Å²) in [5.41, 5.74) is 0. The summed E-state index contributed by atoms with van der Waals surface area (Å²) in [5, 5.41) is 4.36. The molecule has 2 aliphatic rings. The van der Waals surface area contributed by atoms with Crippen LogP contribution in [0.4, 0.5) is 0 Å². The van der Waals surface area contributed by atoms with Crippen molar-refractivity contribution in [3.05, 3.63) is 0 Å². The minimum atomic E-state index is 0. The molecule has 130 valence electrons. The van der Waals surface area contributed by atoms with Gasteiger partial charge in [0.05, 0.1) is 0 Å². The number of likely N-dealkylation sites (N-methyl/N-ethyl adjacent to an activating group) is 1. The van der Waals surface area contributed by atoms with Crippen LogP contribution in [0.1, 0.15) is 33.6 Å². The molecule has 2 heterocycles. The van der Waals surface area contributed by atoms with Gasteiger partial charge >= 0.3 is 0 Å². The molecular formula is C16H33IN4S. The van der Waals surface area contributed by atoms with Crippen LogP contribution in [0.25, 0.3) is 0 Å². The third-order valence-electron chi connectivity index (χ3n) is 4.75. The molecule has 6 heteroatoms. The minimum absolute atomic E-state index is 0. The van der Waals surface area contributed by atoms with Crippen LogP contribution in [-0.4, -0.2) is 72.6 Å². The molecule has 0 radical (unpaired) electrons. The summed E-state index contributed by atoms with van der Waals surface area (Å²) in [6, 6.07) is 0.687. The molecule has 0 saturated carbocycles. The van der Waals surface area contributed by atoms with E-state index in [2.05, 4.69) is 52.6 Å². The molecule has 0 aromatic rings. The number of halogens is 1. The highest BCUT2D eigenvalue weighted by Crippen LogP contribution is 2.25. The molecule has 0 aromatic heterocycles. The van der Waals surface area contributed by atoms with Crippen LogP contribution in [0.5, 0.6) is 0 Å². The normalized spacial score (nSPS) is 27.1. The van der Waals surface area contributed by atoms with Crippen molar-refractivity contribution in [2.75, 3.05) is 45.5 Å². The van der Waals surface area contributed by atoms with Gasteiger partial charge in [0.1, 0.15) is 0 Å². The molecular weight excluding hydrogens is 407 g/mol. The number of likely N-dealkylation sites (tertiary alicyclic amines) is 1. The number of nitrogens with zero attached hydrogens (tertiary/aromatic N) is 3. The van der Waals surface area contributed by atoms with Crippen LogP contribution in [0, 0.1) is 5.92 Å². The zero-order valence-electron chi connectivity index (χ0n) is 14.5. The number of guanidine groups is 1. The van der Waals surface area contributed by atoms with E-state index in [4.69, 9.17) is 0 Å². The van der Waals surface area contributed by atoms with E-state index in [0.717, 1.165) is 36.8 Å². The van der Waals surface area contributed by atoms with Crippen molar-refractivity contribution in [2.45, 2.75) is 44.9 Å². The molecule has 0 aromatic carbocycles. The van der Waals surface area contributed by atoms with Gasteiger partial charge in [-0.25, -0.2) is 0 Å². The van der Waals surface area contributed by atoms with Crippen molar-refractivity contribution in [3.8, 4) is 0 Å². The summed E-state index contributed by atoms with van der Waals surface area (Å²) in [7, 11) is 1.92. The molecule has 2 unspecified atom stereocenters. The predicted octanol–water partition coefficient (Wildman–Crippen LogP) is 2.74. The van der Waals surface area contributed by atoms with Crippen LogP contribution in [-0.2, 0) is 0 Å². The van der Waals surface area contributed by atoms with Gasteiger partial charge in [0, 0.05) is 43.7 Å². The summed E-state index contributed by atoms with van der Waals surface area (Å²) < 4.78 is 0. The second-order valence-corrected chi connectivity index (χ2v) is 7.80. The molecule has 2 fully saturated rings. The summed E-state index contributed by atoms with van der Waals surface area (Å²) in [5.74, 6) is 3.05. The predicted molar refractivity (Wildman–Crippen MR) is 110 cm³/mol. The summed E-state index contributed by atoms with van der Waals surface area (Å²) >= 11 is 2.12. The van der Waals surface area contributed by atoms with Gasteiger partial charge in [-0.05, 0) is 31.8 Å². The Morgan fingerprint density at radius 3 is 2.77 bits per heavy atom. The standard InChI is InChI=1S/C16H32N4S.HI/c1-5-19-8-6-7-14(19)11-18-16(17-4)20-9-10-21-15(12-20)13(2)3;/h13-15H,5-12H2,1-4H3,(H,17,18);1H. The Labute approximate surface area is 157 Å². The summed E-state index contributed by atoms with van der Waals surface area (Å²) in [6.07, 6.45) is 2.66. The summed E-state index contributed by atoms with van der Waals surface area (Å²) in [6.45, 7) is 12.6. The Morgan fingerprint density at radius 2 is 2.14 bits per heavy atom. The second kappa shape index (κ2) is 10.2. The lowest BCUT2D eigenvalue weighted by molar-refractivity contribution is 0.264. The number of thioether (sulfide) groups is 1.